The number of likely N-dealkylation sites (N-methyl/N-ethyl adjacent to an activating group) is 1. The molecule has 1 aliphatic rings. The first kappa shape index (κ1) is 29.8. The first-order chi connectivity index (χ1) is 14.9. The lowest BCUT2D eigenvalue weighted by molar-refractivity contribution is -0.137. The van der Waals surface area contributed by atoms with Crippen molar-refractivity contribution in [3.8, 4) is 0 Å². The SMILES string of the molecule is CCN(CC1CCN(C(CC=O)NS(C)(=O)=O)CC1)C(C)Cc1cccc(C(F)(F)F)c1.Cl. The fourth-order valence-corrected chi connectivity index (χ4v) is 5.09. The maximum absolute atomic E-state index is 13.0. The maximum Gasteiger partial charge on any atom is 0.416 e. The molecule has 1 aromatic rings. The molecule has 0 spiro atoms. The molecule has 33 heavy (non-hydrogen) atoms. The van der Waals surface area contributed by atoms with Crippen molar-refractivity contribution >= 4 is 28.7 Å². The van der Waals surface area contributed by atoms with Gasteiger partial charge in [-0.15, -0.1) is 12.4 Å². The van der Waals surface area contributed by atoms with Crippen LogP contribution in [0.3, 0.4) is 0 Å². The second kappa shape index (κ2) is 13.0. The van der Waals surface area contributed by atoms with Gasteiger partial charge in [-0.05, 0) is 63.4 Å². The molecular weight excluding hydrogens is 479 g/mol. The zero-order valence-corrected chi connectivity index (χ0v) is 21.0. The van der Waals surface area contributed by atoms with Gasteiger partial charge in [-0.25, -0.2) is 8.42 Å². The molecule has 1 aliphatic heterocycles. The van der Waals surface area contributed by atoms with E-state index in [-0.39, 0.29) is 24.9 Å². The van der Waals surface area contributed by atoms with E-state index in [0.29, 0.717) is 31.0 Å². The summed E-state index contributed by atoms with van der Waals surface area (Å²) >= 11 is 0. The second-order valence-electron chi connectivity index (χ2n) is 8.63. The van der Waals surface area contributed by atoms with E-state index in [1.54, 1.807) is 6.07 Å². The van der Waals surface area contributed by atoms with Gasteiger partial charge in [0.2, 0.25) is 10.0 Å². The molecule has 0 aromatic heterocycles. The Morgan fingerprint density at radius 2 is 1.91 bits per heavy atom. The van der Waals surface area contributed by atoms with E-state index in [1.165, 1.54) is 12.1 Å². The standard InChI is InChI=1S/C22H34F3N3O3S.ClH/c1-4-27(17(2)14-19-6-5-7-20(15-19)22(23,24)25)16-18-8-11-28(12-9-18)21(10-13-29)26-32(3,30)31;/h5-7,13,15,17-18,21,26H,4,8-12,14,16H2,1-3H3;1H. The Kier molecular flexibility index (Phi) is 11.8. The molecule has 0 amide bonds. The van der Waals surface area contributed by atoms with Crippen molar-refractivity contribution in [2.45, 2.75) is 57.9 Å². The van der Waals surface area contributed by atoms with Gasteiger partial charge in [0, 0.05) is 19.0 Å². The van der Waals surface area contributed by atoms with E-state index < -0.39 is 27.9 Å². The molecule has 0 aliphatic carbocycles. The minimum absolute atomic E-state index is 0. The number of rotatable bonds is 11. The molecule has 0 bridgehead atoms. The third-order valence-corrected chi connectivity index (χ3v) is 6.77. The van der Waals surface area contributed by atoms with Gasteiger partial charge in [0.25, 0.3) is 0 Å². The van der Waals surface area contributed by atoms with Crippen LogP contribution in [0.1, 0.15) is 44.2 Å². The van der Waals surface area contributed by atoms with Crippen LogP contribution in [0.15, 0.2) is 24.3 Å². The summed E-state index contributed by atoms with van der Waals surface area (Å²) in [5.41, 5.74) is 0.0503. The molecule has 0 saturated carbocycles. The molecule has 11 heteroatoms. The van der Waals surface area contributed by atoms with Crippen LogP contribution in [-0.4, -0.2) is 69.1 Å². The molecule has 0 radical (unpaired) electrons. The Labute approximate surface area is 201 Å². The molecule has 1 aromatic carbocycles. The molecule has 1 saturated heterocycles. The zero-order valence-electron chi connectivity index (χ0n) is 19.3. The Hall–Kier alpha value is -1.20. The molecule has 190 valence electrons. The van der Waals surface area contributed by atoms with Crippen molar-refractivity contribution in [3.63, 3.8) is 0 Å². The summed E-state index contributed by atoms with van der Waals surface area (Å²) in [5, 5.41) is 0. The number of alkyl halides is 3. The lowest BCUT2D eigenvalue weighted by Gasteiger charge is -2.39. The van der Waals surface area contributed by atoms with Gasteiger partial charge >= 0.3 is 6.18 Å². The smallest absolute Gasteiger partial charge is 0.303 e. The summed E-state index contributed by atoms with van der Waals surface area (Å²) in [6.45, 7) is 7.09. The maximum atomic E-state index is 13.0. The monoisotopic (exact) mass is 513 g/mol. The number of nitrogens with zero attached hydrogens (tertiary/aromatic N) is 2. The summed E-state index contributed by atoms with van der Waals surface area (Å²) in [6, 6.07) is 5.61. The average molecular weight is 514 g/mol. The van der Waals surface area contributed by atoms with E-state index in [9.17, 15) is 26.4 Å². The number of benzene rings is 1. The fraction of sp³-hybridized carbons (Fsp3) is 0.682. The van der Waals surface area contributed by atoms with Gasteiger partial charge in [0.15, 0.2) is 0 Å². The lowest BCUT2D eigenvalue weighted by Crippen LogP contribution is -2.52. The fourth-order valence-electron chi connectivity index (χ4n) is 4.35. The highest BCUT2D eigenvalue weighted by Crippen LogP contribution is 2.30. The highest BCUT2D eigenvalue weighted by atomic mass is 35.5. The summed E-state index contributed by atoms with van der Waals surface area (Å²) in [6.07, 6.45) is -0.674. The average Bonchev–Trinajstić information content (AvgIpc) is 2.70. The Morgan fingerprint density at radius 1 is 1.27 bits per heavy atom. The van der Waals surface area contributed by atoms with E-state index in [1.807, 2.05) is 18.7 Å². The minimum Gasteiger partial charge on any atom is -0.303 e. The van der Waals surface area contributed by atoms with Crippen molar-refractivity contribution in [3.05, 3.63) is 35.4 Å². The third-order valence-electron chi connectivity index (χ3n) is 6.07. The Bertz CT molecular complexity index is 847. The third kappa shape index (κ3) is 9.90. The summed E-state index contributed by atoms with van der Waals surface area (Å²) in [4.78, 5) is 15.2. The quantitative estimate of drug-likeness (QED) is 0.458. The minimum atomic E-state index is -4.34. The molecular formula is C22H35ClF3N3O3S. The first-order valence-corrected chi connectivity index (χ1v) is 12.9. The Morgan fingerprint density at radius 3 is 2.42 bits per heavy atom. The summed E-state index contributed by atoms with van der Waals surface area (Å²) < 4.78 is 64.7. The molecule has 2 atom stereocenters. The van der Waals surface area contributed by atoms with Gasteiger partial charge in [0.05, 0.1) is 18.0 Å². The lowest BCUT2D eigenvalue weighted by atomic mass is 9.94. The summed E-state index contributed by atoms with van der Waals surface area (Å²) in [7, 11) is -3.41. The second-order valence-corrected chi connectivity index (χ2v) is 10.4. The van der Waals surface area contributed by atoms with Crippen molar-refractivity contribution in [1.82, 2.24) is 14.5 Å². The van der Waals surface area contributed by atoms with Gasteiger partial charge in [-0.2, -0.15) is 17.9 Å². The van der Waals surface area contributed by atoms with Gasteiger partial charge in [-0.3, -0.25) is 4.90 Å². The zero-order chi connectivity index (χ0) is 23.9. The van der Waals surface area contributed by atoms with Crippen molar-refractivity contribution in [2.24, 2.45) is 5.92 Å². The number of hydrogen-bond acceptors (Lipinski definition) is 5. The van der Waals surface area contributed by atoms with E-state index >= 15 is 0 Å². The van der Waals surface area contributed by atoms with Crippen molar-refractivity contribution in [2.75, 3.05) is 32.4 Å². The van der Waals surface area contributed by atoms with Crippen LogP contribution in [0.2, 0.25) is 0 Å². The van der Waals surface area contributed by atoms with Crippen molar-refractivity contribution in [1.29, 1.82) is 0 Å². The van der Waals surface area contributed by atoms with Crippen molar-refractivity contribution < 1.29 is 26.4 Å². The van der Waals surface area contributed by atoms with Crippen LogP contribution >= 0.6 is 12.4 Å². The normalized spacial score (nSPS) is 18.0. The van der Waals surface area contributed by atoms with Gasteiger partial charge < -0.3 is 9.69 Å². The molecule has 2 rings (SSSR count). The summed E-state index contributed by atoms with van der Waals surface area (Å²) in [5.74, 6) is 0.408. The van der Waals surface area contributed by atoms with E-state index in [4.69, 9.17) is 0 Å². The number of nitrogens with one attached hydrogen (secondary N) is 1. The van der Waals surface area contributed by atoms with E-state index in [0.717, 1.165) is 44.5 Å². The van der Waals surface area contributed by atoms with E-state index in [2.05, 4.69) is 9.62 Å². The first-order valence-electron chi connectivity index (χ1n) is 11.0. The van der Waals surface area contributed by atoms with Crippen LogP contribution in [0.25, 0.3) is 0 Å². The van der Waals surface area contributed by atoms with Crippen LogP contribution in [0.5, 0.6) is 0 Å². The molecule has 2 unspecified atom stereocenters. The number of carbonyl (C=O) groups is 1. The van der Waals surface area contributed by atoms with Gasteiger partial charge in [0.1, 0.15) is 6.29 Å². The molecule has 1 N–H and O–H groups in total. The number of halogens is 4. The number of carbonyl (C=O) groups excluding carboxylic acids is 1. The number of piperidine rings is 1. The number of hydrogen-bond donors (Lipinski definition) is 1. The van der Waals surface area contributed by atoms with Crippen LogP contribution in [-0.2, 0) is 27.4 Å². The molecule has 1 fully saturated rings. The number of likely N-dealkylation sites (tertiary alicyclic amines) is 1. The van der Waals surface area contributed by atoms with Crippen LogP contribution < -0.4 is 4.72 Å². The predicted molar refractivity (Wildman–Crippen MR) is 126 cm³/mol. The molecule has 1 heterocycles. The predicted octanol–water partition coefficient (Wildman–Crippen LogP) is 3.56. The van der Waals surface area contributed by atoms with Crippen LogP contribution in [0, 0.1) is 5.92 Å². The van der Waals surface area contributed by atoms with Gasteiger partial charge in [-0.1, -0.05) is 25.1 Å². The number of sulfonamides is 1. The largest absolute Gasteiger partial charge is 0.416 e. The Balaban J connectivity index is 0.00000544. The topological polar surface area (TPSA) is 69.7 Å². The highest BCUT2D eigenvalue weighted by Gasteiger charge is 2.31. The van der Waals surface area contributed by atoms with Crippen LogP contribution in [0.4, 0.5) is 13.2 Å². The highest BCUT2D eigenvalue weighted by molar-refractivity contribution is 7.88. The number of aldehydes is 1. The molecule has 6 nitrogen and oxygen atoms in total.